The third-order valence-electron chi connectivity index (χ3n) is 5.17. The highest BCUT2D eigenvalue weighted by molar-refractivity contribution is 9.10. The first-order valence-electron chi connectivity index (χ1n) is 10.3. The van der Waals surface area contributed by atoms with Crippen LogP contribution in [0.25, 0.3) is 6.08 Å². The smallest absolute Gasteiger partial charge is 0.283 e. The molecule has 8 heteroatoms. The number of ether oxygens (including phenoxy) is 2. The van der Waals surface area contributed by atoms with Gasteiger partial charge in [0.2, 0.25) is 0 Å². The van der Waals surface area contributed by atoms with Gasteiger partial charge in [-0.15, -0.1) is 0 Å². The van der Waals surface area contributed by atoms with Gasteiger partial charge >= 0.3 is 0 Å². The molecular weight excluding hydrogens is 520 g/mol. The first-order chi connectivity index (χ1) is 16.4. The number of carbonyl (C=O) groups is 2. The molecule has 0 radical (unpaired) electrons. The van der Waals surface area contributed by atoms with Crippen molar-refractivity contribution in [2.75, 3.05) is 7.11 Å². The van der Waals surface area contributed by atoms with Crippen LogP contribution in [0.4, 0.5) is 0 Å². The summed E-state index contributed by atoms with van der Waals surface area (Å²) in [6.45, 7) is 1.95. The summed E-state index contributed by atoms with van der Waals surface area (Å²) in [6, 6.07) is 19.6. The van der Waals surface area contributed by atoms with Crippen LogP contribution in [0.2, 0.25) is 5.02 Å². The molecule has 3 aromatic carbocycles. The Balaban J connectivity index is 1.59. The summed E-state index contributed by atoms with van der Waals surface area (Å²) in [4.78, 5) is 25.7. The molecular formula is C26H20BrClN2O4. The summed E-state index contributed by atoms with van der Waals surface area (Å²) < 4.78 is 12.1. The summed E-state index contributed by atoms with van der Waals surface area (Å²) in [5, 5.41) is 5.69. The monoisotopic (exact) mass is 538 g/mol. The summed E-state index contributed by atoms with van der Waals surface area (Å²) in [5.74, 6) is 0.0232. The van der Waals surface area contributed by atoms with Gasteiger partial charge in [0.15, 0.2) is 11.5 Å². The molecule has 0 saturated carbocycles. The minimum absolute atomic E-state index is 0.260. The Bertz CT molecular complexity index is 1320. The van der Waals surface area contributed by atoms with Crippen LogP contribution in [0, 0.1) is 0 Å². The molecule has 0 spiro atoms. The van der Waals surface area contributed by atoms with Crippen molar-refractivity contribution in [3.63, 3.8) is 0 Å². The first kappa shape index (κ1) is 23.7. The van der Waals surface area contributed by atoms with Crippen LogP contribution < -0.4 is 9.47 Å². The Morgan fingerprint density at radius 3 is 2.53 bits per heavy atom. The van der Waals surface area contributed by atoms with Gasteiger partial charge in [-0.2, -0.15) is 10.1 Å². The molecule has 172 valence electrons. The lowest BCUT2D eigenvalue weighted by Gasteiger charge is -2.14. The maximum atomic E-state index is 13.0. The highest BCUT2D eigenvalue weighted by Crippen LogP contribution is 2.38. The van der Waals surface area contributed by atoms with Crippen LogP contribution >= 0.6 is 27.5 Å². The number of rotatable bonds is 6. The molecule has 0 N–H and O–H groups in total. The van der Waals surface area contributed by atoms with E-state index >= 15 is 0 Å². The van der Waals surface area contributed by atoms with E-state index in [2.05, 4.69) is 21.0 Å². The zero-order valence-electron chi connectivity index (χ0n) is 18.4. The maximum absolute atomic E-state index is 13.0. The predicted molar refractivity (Wildman–Crippen MR) is 135 cm³/mol. The van der Waals surface area contributed by atoms with Crippen LogP contribution in [-0.4, -0.2) is 29.6 Å². The zero-order valence-corrected chi connectivity index (χ0v) is 20.8. The van der Waals surface area contributed by atoms with Gasteiger partial charge in [0.25, 0.3) is 11.8 Å². The molecule has 0 fully saturated rings. The molecule has 34 heavy (non-hydrogen) atoms. The number of nitrogens with zero attached hydrogens (tertiary/aromatic N) is 2. The standard InChI is InChI=1S/C26H20BrClN2O4/c1-16-20(26(32)30(29-16)25(31)18-8-4-3-5-9-18)12-17-13-21(27)24(23(14-17)33-2)34-15-19-10-6-7-11-22(19)28/h3-14H,15H2,1-2H3/b20-12+. The van der Waals surface area contributed by atoms with Gasteiger partial charge in [0.05, 0.1) is 22.9 Å². The van der Waals surface area contributed by atoms with Crippen molar-refractivity contribution >= 4 is 51.1 Å². The molecule has 1 aliphatic heterocycles. The lowest BCUT2D eigenvalue weighted by atomic mass is 10.1. The van der Waals surface area contributed by atoms with Crippen LogP contribution in [0.3, 0.4) is 0 Å². The van der Waals surface area contributed by atoms with E-state index in [-0.39, 0.29) is 6.61 Å². The Morgan fingerprint density at radius 1 is 1.12 bits per heavy atom. The molecule has 0 unspecified atom stereocenters. The number of carbonyl (C=O) groups excluding carboxylic acids is 2. The molecule has 4 rings (SSSR count). The Hall–Kier alpha value is -3.42. The van der Waals surface area contributed by atoms with E-state index in [1.54, 1.807) is 61.5 Å². The fourth-order valence-electron chi connectivity index (χ4n) is 3.42. The van der Waals surface area contributed by atoms with E-state index in [9.17, 15) is 9.59 Å². The van der Waals surface area contributed by atoms with E-state index in [1.807, 2.05) is 18.2 Å². The number of amides is 2. The second-order valence-corrected chi connectivity index (χ2v) is 8.71. The minimum atomic E-state index is -0.486. The predicted octanol–water partition coefficient (Wildman–Crippen LogP) is 6.13. The lowest BCUT2D eigenvalue weighted by Crippen LogP contribution is -2.29. The third kappa shape index (κ3) is 4.90. The summed E-state index contributed by atoms with van der Waals surface area (Å²) >= 11 is 9.75. The quantitative estimate of drug-likeness (QED) is 0.279. The first-order valence-corrected chi connectivity index (χ1v) is 11.5. The molecule has 2 amide bonds. The van der Waals surface area contributed by atoms with Gasteiger partial charge in [0, 0.05) is 16.1 Å². The maximum Gasteiger partial charge on any atom is 0.283 e. The second-order valence-electron chi connectivity index (χ2n) is 7.45. The van der Waals surface area contributed by atoms with Gasteiger partial charge in [-0.05, 0) is 64.8 Å². The van der Waals surface area contributed by atoms with E-state index < -0.39 is 11.8 Å². The van der Waals surface area contributed by atoms with Crippen molar-refractivity contribution in [1.82, 2.24) is 5.01 Å². The molecule has 0 aliphatic carbocycles. The molecule has 3 aromatic rings. The SMILES string of the molecule is COc1cc(/C=C2/C(=O)N(C(=O)c3ccccc3)N=C2C)cc(Br)c1OCc1ccccc1Cl. The van der Waals surface area contributed by atoms with Crippen LogP contribution in [0.1, 0.15) is 28.4 Å². The van der Waals surface area contributed by atoms with Crippen molar-refractivity contribution in [3.05, 3.63) is 98.5 Å². The lowest BCUT2D eigenvalue weighted by molar-refractivity contribution is -0.123. The molecule has 1 heterocycles. The zero-order chi connectivity index (χ0) is 24.2. The third-order valence-corrected chi connectivity index (χ3v) is 6.13. The number of halogens is 2. The van der Waals surface area contributed by atoms with Crippen molar-refractivity contribution in [2.45, 2.75) is 13.5 Å². The Kier molecular flexibility index (Phi) is 7.14. The minimum Gasteiger partial charge on any atom is -0.493 e. The number of hydrazone groups is 1. The number of hydrogen-bond donors (Lipinski definition) is 0. The Labute approximate surface area is 210 Å². The fraction of sp³-hybridized carbons (Fsp3) is 0.115. The van der Waals surface area contributed by atoms with Gasteiger partial charge < -0.3 is 9.47 Å². The molecule has 0 atom stereocenters. The van der Waals surface area contributed by atoms with E-state index in [1.165, 1.54) is 7.11 Å². The highest BCUT2D eigenvalue weighted by atomic mass is 79.9. The highest BCUT2D eigenvalue weighted by Gasteiger charge is 2.33. The number of methoxy groups -OCH3 is 1. The molecule has 6 nitrogen and oxygen atoms in total. The van der Waals surface area contributed by atoms with E-state index in [4.69, 9.17) is 21.1 Å². The molecule has 0 bridgehead atoms. The van der Waals surface area contributed by atoms with Crippen LogP contribution in [-0.2, 0) is 11.4 Å². The average molecular weight is 540 g/mol. The van der Waals surface area contributed by atoms with Crippen LogP contribution in [0.5, 0.6) is 11.5 Å². The number of benzene rings is 3. The summed E-state index contributed by atoms with van der Waals surface area (Å²) in [6.07, 6.45) is 1.67. The van der Waals surface area contributed by atoms with Gasteiger partial charge in [-0.25, -0.2) is 0 Å². The Morgan fingerprint density at radius 2 is 1.82 bits per heavy atom. The van der Waals surface area contributed by atoms with Crippen molar-refractivity contribution < 1.29 is 19.1 Å². The topological polar surface area (TPSA) is 68.2 Å². The fourth-order valence-corrected chi connectivity index (χ4v) is 4.18. The van der Waals surface area contributed by atoms with Crippen LogP contribution in [0.15, 0.2) is 81.9 Å². The van der Waals surface area contributed by atoms with Crippen molar-refractivity contribution in [1.29, 1.82) is 0 Å². The van der Waals surface area contributed by atoms with Gasteiger partial charge in [0.1, 0.15) is 6.61 Å². The molecule has 1 aliphatic rings. The van der Waals surface area contributed by atoms with E-state index in [0.29, 0.717) is 43.4 Å². The van der Waals surface area contributed by atoms with E-state index in [0.717, 1.165) is 10.6 Å². The molecule has 0 aromatic heterocycles. The number of hydrogen-bond acceptors (Lipinski definition) is 5. The second kappa shape index (κ2) is 10.2. The van der Waals surface area contributed by atoms with Crippen molar-refractivity contribution in [2.24, 2.45) is 5.10 Å². The van der Waals surface area contributed by atoms with Gasteiger partial charge in [-0.1, -0.05) is 48.0 Å². The largest absolute Gasteiger partial charge is 0.493 e. The summed E-state index contributed by atoms with van der Waals surface area (Å²) in [5.41, 5.74) is 2.68. The van der Waals surface area contributed by atoms with Gasteiger partial charge in [-0.3, -0.25) is 9.59 Å². The normalized spacial score (nSPS) is 14.4. The van der Waals surface area contributed by atoms with Crippen molar-refractivity contribution in [3.8, 4) is 11.5 Å². The summed E-state index contributed by atoms with van der Waals surface area (Å²) in [7, 11) is 1.54. The number of imide groups is 1. The molecule has 0 saturated heterocycles. The average Bonchev–Trinajstić information content (AvgIpc) is 3.12.